The number of hydrogen-bond donors (Lipinski definition) is 2. The zero-order valence-corrected chi connectivity index (χ0v) is 7.39. The van der Waals surface area contributed by atoms with Crippen LogP contribution in [0.25, 0.3) is 0 Å². The minimum Gasteiger partial charge on any atom is -0.480 e. The molecule has 3 N–H and O–H groups in total. The van der Waals surface area contributed by atoms with Crippen molar-refractivity contribution < 1.29 is 18.7 Å². The van der Waals surface area contributed by atoms with Gasteiger partial charge in [0.2, 0.25) is 0 Å². The fraction of sp³-hybridized carbons (Fsp3) is 0.875. The van der Waals surface area contributed by atoms with Gasteiger partial charge in [-0.15, -0.1) is 0 Å². The zero-order valence-electron chi connectivity index (χ0n) is 7.39. The first kappa shape index (κ1) is 10.4. The molecule has 1 saturated carbocycles. The minimum absolute atomic E-state index is 0.478. The molecule has 0 aromatic rings. The van der Waals surface area contributed by atoms with Gasteiger partial charge in [-0.25, -0.2) is 13.6 Å². The molecule has 0 heterocycles. The van der Waals surface area contributed by atoms with E-state index in [9.17, 15) is 13.6 Å². The van der Waals surface area contributed by atoms with Crippen molar-refractivity contribution >= 4 is 5.97 Å². The highest BCUT2D eigenvalue weighted by Crippen LogP contribution is 2.42. The Labute approximate surface area is 74.9 Å². The highest BCUT2D eigenvalue weighted by Gasteiger charge is 2.59. The van der Waals surface area contributed by atoms with E-state index in [-0.39, 0.29) is 0 Å². The van der Waals surface area contributed by atoms with Gasteiger partial charge in [0.15, 0.2) is 5.54 Å². The van der Waals surface area contributed by atoms with Crippen LogP contribution in [0.4, 0.5) is 8.78 Å². The van der Waals surface area contributed by atoms with Crippen molar-refractivity contribution in [3.05, 3.63) is 0 Å². The van der Waals surface area contributed by atoms with Gasteiger partial charge in [0.05, 0.1) is 0 Å². The second-order valence-corrected chi connectivity index (χ2v) is 3.69. The Bertz CT molecular complexity index is 223. The van der Waals surface area contributed by atoms with Crippen molar-refractivity contribution in [2.75, 3.05) is 0 Å². The van der Waals surface area contributed by atoms with Gasteiger partial charge in [-0.1, -0.05) is 6.42 Å². The maximum absolute atomic E-state index is 13.0. The molecule has 5 heteroatoms. The van der Waals surface area contributed by atoms with E-state index in [1.165, 1.54) is 0 Å². The van der Waals surface area contributed by atoms with E-state index in [2.05, 4.69) is 0 Å². The monoisotopic (exact) mass is 193 g/mol. The summed E-state index contributed by atoms with van der Waals surface area (Å²) in [6, 6.07) is 0. The Morgan fingerprint density at radius 3 is 2.08 bits per heavy atom. The molecule has 0 amide bonds. The lowest BCUT2D eigenvalue weighted by Crippen LogP contribution is -2.66. The minimum atomic E-state index is -3.37. The summed E-state index contributed by atoms with van der Waals surface area (Å²) in [6.45, 7) is 0.569. The average Bonchev–Trinajstić information content (AvgIpc) is 1.79. The number of nitrogens with two attached hydrogens (primary N) is 1. The number of rotatable bonds is 3. The maximum Gasteiger partial charge on any atom is 0.330 e. The summed E-state index contributed by atoms with van der Waals surface area (Å²) in [5.74, 6) is -5.57. The van der Waals surface area contributed by atoms with Gasteiger partial charge >= 0.3 is 5.97 Å². The fourth-order valence-electron chi connectivity index (χ4n) is 1.58. The third kappa shape index (κ3) is 1.41. The second kappa shape index (κ2) is 2.90. The Hall–Kier alpha value is -0.710. The van der Waals surface area contributed by atoms with Crippen LogP contribution >= 0.6 is 0 Å². The highest BCUT2D eigenvalue weighted by atomic mass is 19.3. The highest BCUT2D eigenvalue weighted by molar-refractivity contribution is 5.80. The van der Waals surface area contributed by atoms with Crippen LogP contribution in [0.15, 0.2) is 0 Å². The number of aliphatic carboxylic acids is 1. The van der Waals surface area contributed by atoms with Crippen molar-refractivity contribution in [2.45, 2.75) is 37.6 Å². The van der Waals surface area contributed by atoms with Crippen molar-refractivity contribution in [2.24, 2.45) is 11.7 Å². The van der Waals surface area contributed by atoms with Crippen LogP contribution in [0.3, 0.4) is 0 Å². The molecule has 1 rings (SSSR count). The van der Waals surface area contributed by atoms with Gasteiger partial charge in [-0.3, -0.25) is 0 Å². The predicted octanol–water partition coefficient (Wildman–Crippen LogP) is 1.22. The lowest BCUT2D eigenvalue weighted by molar-refractivity contribution is -0.169. The standard InChI is InChI=1S/C8H13F2NO2/c1-7(9,10)8(11,6(12)13)5-3-2-4-5/h5H,2-4,11H2,1H3,(H,12,13). The molecule has 13 heavy (non-hydrogen) atoms. The molecule has 1 aliphatic carbocycles. The Morgan fingerprint density at radius 2 is 2.00 bits per heavy atom. The lowest BCUT2D eigenvalue weighted by Gasteiger charge is -2.42. The third-order valence-corrected chi connectivity index (χ3v) is 2.83. The summed E-state index contributed by atoms with van der Waals surface area (Å²) in [5, 5.41) is 8.70. The number of carboxylic acid groups (broad SMARTS) is 1. The lowest BCUT2D eigenvalue weighted by atomic mass is 9.68. The van der Waals surface area contributed by atoms with Crippen LogP contribution in [-0.2, 0) is 4.79 Å². The number of halogens is 2. The number of alkyl halides is 2. The summed E-state index contributed by atoms with van der Waals surface area (Å²) in [4.78, 5) is 10.7. The SMILES string of the molecule is CC(F)(F)C(N)(C(=O)O)C1CCC1. The summed E-state index contributed by atoms with van der Waals surface area (Å²) < 4.78 is 26.0. The molecule has 0 radical (unpaired) electrons. The van der Waals surface area contributed by atoms with Crippen LogP contribution < -0.4 is 5.73 Å². The smallest absolute Gasteiger partial charge is 0.330 e. The first-order valence-electron chi connectivity index (χ1n) is 4.20. The predicted molar refractivity (Wildman–Crippen MR) is 42.5 cm³/mol. The summed E-state index contributed by atoms with van der Waals surface area (Å²) in [7, 11) is 0. The Morgan fingerprint density at radius 1 is 1.54 bits per heavy atom. The van der Waals surface area contributed by atoms with Crippen LogP contribution in [0.5, 0.6) is 0 Å². The normalized spacial score (nSPS) is 23.4. The van der Waals surface area contributed by atoms with Gasteiger partial charge in [0.25, 0.3) is 5.92 Å². The summed E-state index contributed by atoms with van der Waals surface area (Å²) in [6.07, 6.45) is 1.74. The Balaban J connectivity index is 2.93. The van der Waals surface area contributed by atoms with Gasteiger partial charge in [-0.05, 0) is 18.8 Å². The fourth-order valence-corrected chi connectivity index (χ4v) is 1.58. The number of carboxylic acids is 1. The van der Waals surface area contributed by atoms with E-state index < -0.39 is 23.3 Å². The molecule has 1 unspecified atom stereocenters. The van der Waals surface area contributed by atoms with E-state index in [1.807, 2.05) is 0 Å². The zero-order chi connectivity index (χ0) is 10.3. The van der Waals surface area contributed by atoms with Crippen LogP contribution in [-0.4, -0.2) is 22.5 Å². The molecule has 76 valence electrons. The van der Waals surface area contributed by atoms with Crippen LogP contribution in [0.1, 0.15) is 26.2 Å². The average molecular weight is 193 g/mol. The molecule has 0 aromatic carbocycles. The van der Waals surface area contributed by atoms with Gasteiger partial charge in [-0.2, -0.15) is 0 Å². The van der Waals surface area contributed by atoms with Crippen molar-refractivity contribution in [3.63, 3.8) is 0 Å². The first-order valence-corrected chi connectivity index (χ1v) is 4.20. The third-order valence-electron chi connectivity index (χ3n) is 2.83. The maximum atomic E-state index is 13.0. The van der Waals surface area contributed by atoms with E-state index in [4.69, 9.17) is 10.8 Å². The van der Waals surface area contributed by atoms with Crippen molar-refractivity contribution in [3.8, 4) is 0 Å². The topological polar surface area (TPSA) is 63.3 Å². The number of hydrogen-bond acceptors (Lipinski definition) is 2. The molecule has 3 nitrogen and oxygen atoms in total. The Kier molecular flexibility index (Phi) is 2.32. The molecule has 0 saturated heterocycles. The largest absolute Gasteiger partial charge is 0.480 e. The van der Waals surface area contributed by atoms with Crippen molar-refractivity contribution in [1.29, 1.82) is 0 Å². The van der Waals surface area contributed by atoms with Gasteiger partial charge < -0.3 is 10.8 Å². The van der Waals surface area contributed by atoms with E-state index >= 15 is 0 Å². The summed E-state index contributed by atoms with van der Waals surface area (Å²) >= 11 is 0. The van der Waals surface area contributed by atoms with E-state index in [1.54, 1.807) is 0 Å². The molecule has 0 bridgehead atoms. The summed E-state index contributed by atoms with van der Waals surface area (Å²) in [5.41, 5.74) is 2.89. The molecule has 1 atom stereocenters. The quantitative estimate of drug-likeness (QED) is 0.708. The molecule has 0 aliphatic heterocycles. The molecular weight excluding hydrogens is 180 g/mol. The van der Waals surface area contributed by atoms with E-state index in [0.29, 0.717) is 19.8 Å². The molecular formula is C8H13F2NO2. The van der Waals surface area contributed by atoms with Crippen LogP contribution in [0, 0.1) is 5.92 Å². The first-order chi connectivity index (χ1) is 5.80. The van der Waals surface area contributed by atoms with E-state index in [0.717, 1.165) is 6.42 Å². The van der Waals surface area contributed by atoms with Gasteiger partial charge in [0.1, 0.15) is 0 Å². The molecule has 0 spiro atoms. The van der Waals surface area contributed by atoms with Gasteiger partial charge in [0, 0.05) is 6.92 Å². The van der Waals surface area contributed by atoms with Crippen molar-refractivity contribution in [1.82, 2.24) is 0 Å². The second-order valence-electron chi connectivity index (χ2n) is 3.69. The molecule has 1 fully saturated rings. The van der Waals surface area contributed by atoms with Crippen LogP contribution in [0.2, 0.25) is 0 Å². The number of carbonyl (C=O) groups is 1. The molecule has 0 aromatic heterocycles. The molecule has 1 aliphatic rings.